The lowest BCUT2D eigenvalue weighted by Crippen LogP contribution is -2.31. The van der Waals surface area contributed by atoms with Crippen LogP contribution in [0.25, 0.3) is 0 Å². The number of hydrogen-bond acceptors (Lipinski definition) is 3. The van der Waals surface area contributed by atoms with Crippen molar-refractivity contribution in [3.8, 4) is 5.75 Å². The van der Waals surface area contributed by atoms with Crippen LogP contribution >= 0.6 is 22.6 Å². The molecule has 0 aliphatic carbocycles. The lowest BCUT2D eigenvalue weighted by Gasteiger charge is -2.08. The molecule has 2 aromatic rings. The summed E-state index contributed by atoms with van der Waals surface area (Å²) in [7, 11) is 0. The molecule has 2 rings (SSSR count). The second-order valence-corrected chi connectivity index (χ2v) is 4.74. The maximum Gasteiger partial charge on any atom is 0.149 e. The van der Waals surface area contributed by atoms with Gasteiger partial charge in [0.2, 0.25) is 0 Å². The predicted molar refractivity (Wildman–Crippen MR) is 80.8 cm³/mol. The first-order chi connectivity index (χ1) is 8.72. The molecule has 0 aromatic heterocycles. The Morgan fingerprint density at radius 3 is 2.44 bits per heavy atom. The molecule has 0 amide bonds. The van der Waals surface area contributed by atoms with Crippen LogP contribution in [0.2, 0.25) is 0 Å². The maximum absolute atomic E-state index is 9.69. The fourth-order valence-electron chi connectivity index (χ4n) is 1.50. The number of benzene rings is 2. The number of nitrogens with two attached hydrogens (primary N) is 1. The third-order valence-electron chi connectivity index (χ3n) is 2.38. The average Bonchev–Trinajstić information content (AvgIpc) is 2.39. The van der Waals surface area contributed by atoms with Crippen LogP contribution in [0.3, 0.4) is 0 Å². The topological polar surface area (TPSA) is 70.6 Å². The van der Waals surface area contributed by atoms with E-state index in [-0.39, 0.29) is 5.75 Å². The van der Waals surface area contributed by atoms with Crippen molar-refractivity contribution in [2.24, 2.45) is 10.8 Å². The molecule has 0 spiro atoms. The highest BCUT2D eigenvalue weighted by Gasteiger charge is 2.07. The van der Waals surface area contributed by atoms with Gasteiger partial charge >= 0.3 is 0 Å². The maximum atomic E-state index is 9.69. The molecule has 4 nitrogen and oxygen atoms in total. The summed E-state index contributed by atoms with van der Waals surface area (Å²) in [6, 6.07) is 14.6. The number of rotatable bonds is 2. The molecule has 0 aliphatic rings. The molecule has 0 saturated heterocycles. The van der Waals surface area contributed by atoms with E-state index in [0.717, 1.165) is 9.13 Å². The zero-order valence-corrected chi connectivity index (χ0v) is 11.6. The quantitative estimate of drug-likeness (QED) is 0.256. The zero-order valence-electron chi connectivity index (χ0n) is 9.47. The van der Waals surface area contributed by atoms with Crippen LogP contribution in [-0.2, 0) is 0 Å². The molecule has 0 atom stereocenters. The Hall–Kier alpha value is -1.60. The molecule has 0 fully saturated rings. The van der Waals surface area contributed by atoms with E-state index in [1.54, 1.807) is 18.2 Å². The van der Waals surface area contributed by atoms with Crippen LogP contribution in [0.5, 0.6) is 5.75 Å². The molecule has 0 unspecified atom stereocenters. The van der Waals surface area contributed by atoms with Gasteiger partial charge in [0, 0.05) is 9.13 Å². The van der Waals surface area contributed by atoms with Crippen molar-refractivity contribution in [1.82, 2.24) is 5.43 Å². The summed E-state index contributed by atoms with van der Waals surface area (Å²) in [5, 5.41) is 9.69. The third-order valence-corrected chi connectivity index (χ3v) is 3.32. The molecule has 2 aromatic carbocycles. The van der Waals surface area contributed by atoms with Crippen molar-refractivity contribution in [3.63, 3.8) is 0 Å². The molecule has 5 heteroatoms. The summed E-state index contributed by atoms with van der Waals surface area (Å²) in [5.74, 6) is 6.14. The SMILES string of the molecule is NNC(=Nc1ccccc1O)c1ccccc1I. The number of amidine groups is 1. The molecule has 0 heterocycles. The highest BCUT2D eigenvalue weighted by atomic mass is 127. The summed E-state index contributed by atoms with van der Waals surface area (Å²) in [6.07, 6.45) is 0. The number of aromatic hydroxyl groups is 1. The summed E-state index contributed by atoms with van der Waals surface area (Å²) >= 11 is 2.21. The van der Waals surface area contributed by atoms with Crippen molar-refractivity contribution in [3.05, 3.63) is 57.7 Å². The fourth-order valence-corrected chi connectivity index (χ4v) is 2.15. The third kappa shape index (κ3) is 2.80. The average molecular weight is 353 g/mol. The van der Waals surface area contributed by atoms with Crippen molar-refractivity contribution in [2.45, 2.75) is 0 Å². The second-order valence-electron chi connectivity index (χ2n) is 3.57. The molecule has 92 valence electrons. The van der Waals surface area contributed by atoms with Gasteiger partial charge in [0.15, 0.2) is 0 Å². The first-order valence-corrected chi connectivity index (χ1v) is 6.38. The normalized spacial score (nSPS) is 11.3. The number of halogens is 1. The van der Waals surface area contributed by atoms with Crippen LogP contribution in [0.1, 0.15) is 5.56 Å². The second kappa shape index (κ2) is 5.83. The molecule has 0 radical (unpaired) electrons. The highest BCUT2D eigenvalue weighted by molar-refractivity contribution is 14.1. The summed E-state index contributed by atoms with van der Waals surface area (Å²) < 4.78 is 1.03. The Morgan fingerprint density at radius 1 is 1.11 bits per heavy atom. The number of hydrazine groups is 1. The molecular weight excluding hydrogens is 341 g/mol. The van der Waals surface area contributed by atoms with Gasteiger partial charge in [0.25, 0.3) is 0 Å². The van der Waals surface area contributed by atoms with Gasteiger partial charge in [-0.05, 0) is 40.8 Å². The number of phenols is 1. The Kier molecular flexibility index (Phi) is 4.16. The summed E-state index contributed by atoms with van der Waals surface area (Å²) in [4.78, 5) is 4.33. The Balaban J connectivity index is 2.47. The minimum absolute atomic E-state index is 0.121. The zero-order chi connectivity index (χ0) is 13.0. The van der Waals surface area contributed by atoms with Crippen molar-refractivity contribution >= 4 is 34.1 Å². The number of nitrogens with one attached hydrogen (secondary N) is 1. The van der Waals surface area contributed by atoms with Crippen molar-refractivity contribution < 1.29 is 5.11 Å². The van der Waals surface area contributed by atoms with Crippen molar-refractivity contribution in [1.29, 1.82) is 0 Å². The Morgan fingerprint density at radius 2 is 1.78 bits per heavy atom. The molecule has 0 saturated carbocycles. The lowest BCUT2D eigenvalue weighted by molar-refractivity contribution is 0.477. The predicted octanol–water partition coefficient (Wildman–Crippen LogP) is 2.54. The van der Waals surface area contributed by atoms with E-state index in [4.69, 9.17) is 5.84 Å². The van der Waals surface area contributed by atoms with Gasteiger partial charge in [-0.15, -0.1) is 0 Å². The number of aliphatic imine (C=N–C) groups is 1. The van der Waals surface area contributed by atoms with Gasteiger partial charge in [0.1, 0.15) is 17.3 Å². The van der Waals surface area contributed by atoms with Gasteiger partial charge in [-0.25, -0.2) is 10.8 Å². The van der Waals surface area contributed by atoms with Gasteiger partial charge in [-0.3, -0.25) is 0 Å². The van der Waals surface area contributed by atoms with E-state index in [0.29, 0.717) is 11.5 Å². The van der Waals surface area contributed by atoms with Gasteiger partial charge in [-0.2, -0.15) is 0 Å². The smallest absolute Gasteiger partial charge is 0.149 e. The number of nitrogens with zero attached hydrogens (tertiary/aromatic N) is 1. The van der Waals surface area contributed by atoms with Crippen LogP contribution in [0, 0.1) is 3.57 Å². The number of para-hydroxylation sites is 2. The highest BCUT2D eigenvalue weighted by Crippen LogP contribution is 2.26. The number of hydrogen-bond donors (Lipinski definition) is 3. The Bertz CT molecular complexity index is 584. The van der Waals surface area contributed by atoms with Gasteiger partial charge in [0.05, 0.1) is 0 Å². The largest absolute Gasteiger partial charge is 0.506 e. The molecule has 0 aliphatic heterocycles. The molecule has 18 heavy (non-hydrogen) atoms. The molecule has 4 N–H and O–H groups in total. The minimum atomic E-state index is 0.121. The van der Waals surface area contributed by atoms with Gasteiger partial charge in [-0.1, -0.05) is 30.3 Å². The van der Waals surface area contributed by atoms with Crippen LogP contribution in [0.15, 0.2) is 53.5 Å². The van der Waals surface area contributed by atoms with Crippen molar-refractivity contribution in [2.75, 3.05) is 0 Å². The summed E-state index contributed by atoms with van der Waals surface area (Å²) in [5.41, 5.74) is 3.94. The van der Waals surface area contributed by atoms with Crippen LogP contribution < -0.4 is 11.3 Å². The minimum Gasteiger partial charge on any atom is -0.506 e. The lowest BCUT2D eigenvalue weighted by atomic mass is 10.2. The van der Waals surface area contributed by atoms with E-state index in [1.807, 2.05) is 30.3 Å². The van der Waals surface area contributed by atoms with Gasteiger partial charge < -0.3 is 10.5 Å². The fraction of sp³-hybridized carbons (Fsp3) is 0. The van der Waals surface area contributed by atoms with E-state index in [9.17, 15) is 5.11 Å². The number of phenolic OH excluding ortho intramolecular Hbond substituents is 1. The van der Waals surface area contributed by atoms with E-state index < -0.39 is 0 Å². The summed E-state index contributed by atoms with van der Waals surface area (Å²) in [6.45, 7) is 0. The first-order valence-electron chi connectivity index (χ1n) is 5.30. The van der Waals surface area contributed by atoms with E-state index in [2.05, 4.69) is 33.0 Å². The van der Waals surface area contributed by atoms with Crippen LogP contribution in [-0.4, -0.2) is 10.9 Å². The molecule has 0 bridgehead atoms. The molecular formula is C13H12IN3O. The standard InChI is InChI=1S/C13H12IN3O/c14-10-6-2-1-5-9(10)13(17-15)16-11-7-3-4-8-12(11)18/h1-8,18H,15H2,(H,16,17). The first kappa shape index (κ1) is 12.8. The van der Waals surface area contributed by atoms with E-state index in [1.165, 1.54) is 0 Å². The van der Waals surface area contributed by atoms with E-state index >= 15 is 0 Å². The monoisotopic (exact) mass is 353 g/mol. The Labute approximate surface area is 119 Å². The van der Waals surface area contributed by atoms with Crippen LogP contribution in [0.4, 0.5) is 5.69 Å².